The lowest BCUT2D eigenvalue weighted by molar-refractivity contribution is 0.0696. The summed E-state index contributed by atoms with van der Waals surface area (Å²) in [7, 11) is 0. The average Bonchev–Trinajstić information content (AvgIpc) is 3.44. The number of aromatic nitrogens is 2. The van der Waals surface area contributed by atoms with E-state index in [0.717, 1.165) is 23.8 Å². The lowest BCUT2D eigenvalue weighted by Gasteiger charge is -2.10. The summed E-state index contributed by atoms with van der Waals surface area (Å²) in [5, 5.41) is 17.9. The summed E-state index contributed by atoms with van der Waals surface area (Å²) in [6.45, 7) is 0.205. The van der Waals surface area contributed by atoms with Crippen molar-refractivity contribution in [2.75, 3.05) is 10.6 Å². The van der Waals surface area contributed by atoms with Gasteiger partial charge >= 0.3 is 5.97 Å². The highest BCUT2D eigenvalue weighted by molar-refractivity contribution is 7.15. The number of carboxylic acid groups (broad SMARTS) is 1. The van der Waals surface area contributed by atoms with Crippen molar-refractivity contribution in [3.05, 3.63) is 64.3 Å². The van der Waals surface area contributed by atoms with Crippen LogP contribution >= 0.6 is 11.3 Å². The Morgan fingerprint density at radius 1 is 1.13 bits per heavy atom. The first-order valence-electron chi connectivity index (χ1n) is 9.34. The first kappa shape index (κ1) is 20.7. The van der Waals surface area contributed by atoms with Crippen LogP contribution in [0.25, 0.3) is 0 Å². The minimum absolute atomic E-state index is 0.0104. The molecular weight excluding hydrogens is 428 g/mol. The molecule has 1 aromatic carbocycles. The van der Waals surface area contributed by atoms with Crippen LogP contribution in [0.1, 0.15) is 38.4 Å². The van der Waals surface area contributed by atoms with E-state index in [-0.39, 0.29) is 29.4 Å². The summed E-state index contributed by atoms with van der Waals surface area (Å²) >= 11 is 1.28. The average molecular weight is 445 g/mol. The van der Waals surface area contributed by atoms with Crippen molar-refractivity contribution in [3.63, 3.8) is 0 Å². The lowest BCUT2D eigenvalue weighted by atomic mass is 10.1. The smallest absolute Gasteiger partial charge is 0.337 e. The molecule has 1 aliphatic carbocycles. The molecule has 2 heterocycles. The molecule has 1 amide bonds. The molecule has 0 bridgehead atoms. The Morgan fingerprint density at radius 3 is 2.61 bits per heavy atom. The predicted molar refractivity (Wildman–Crippen MR) is 111 cm³/mol. The largest absolute Gasteiger partial charge is 0.478 e. The van der Waals surface area contributed by atoms with Crippen molar-refractivity contribution >= 4 is 39.9 Å². The molecule has 1 saturated carbocycles. The first-order chi connectivity index (χ1) is 14.9. The van der Waals surface area contributed by atoms with Gasteiger partial charge in [-0.05, 0) is 31.0 Å². The number of hydrogen-bond acceptors (Lipinski definition) is 7. The maximum atomic E-state index is 14.1. The number of nitrogens with zero attached hydrogens (tertiary/aromatic N) is 2. The van der Waals surface area contributed by atoms with Crippen molar-refractivity contribution in [3.8, 4) is 0 Å². The van der Waals surface area contributed by atoms with Crippen molar-refractivity contribution < 1.29 is 23.5 Å². The van der Waals surface area contributed by atoms with Crippen molar-refractivity contribution in [1.82, 2.24) is 15.3 Å². The Balaban J connectivity index is 1.39. The van der Waals surface area contributed by atoms with Crippen LogP contribution in [0, 0.1) is 11.6 Å². The molecule has 1 fully saturated rings. The molecule has 4 rings (SSSR count). The van der Waals surface area contributed by atoms with Crippen LogP contribution in [0.3, 0.4) is 0 Å². The molecule has 0 spiro atoms. The van der Waals surface area contributed by atoms with E-state index in [9.17, 15) is 18.4 Å². The number of amides is 1. The van der Waals surface area contributed by atoms with Crippen LogP contribution in [0.5, 0.6) is 0 Å². The van der Waals surface area contributed by atoms with E-state index in [2.05, 4.69) is 25.9 Å². The number of thiazole rings is 1. The molecule has 160 valence electrons. The van der Waals surface area contributed by atoms with Gasteiger partial charge in [0.1, 0.15) is 17.5 Å². The molecule has 0 aliphatic heterocycles. The summed E-state index contributed by atoms with van der Waals surface area (Å²) in [6.07, 6.45) is 4.53. The molecule has 2 aromatic heterocycles. The quantitative estimate of drug-likeness (QED) is 0.417. The van der Waals surface area contributed by atoms with Gasteiger partial charge in [0.05, 0.1) is 23.4 Å². The van der Waals surface area contributed by atoms with Gasteiger partial charge in [-0.2, -0.15) is 0 Å². The number of benzene rings is 1. The summed E-state index contributed by atoms with van der Waals surface area (Å²) in [5.41, 5.74) is -0.129. The van der Waals surface area contributed by atoms with Crippen LogP contribution in [0.15, 0.2) is 36.7 Å². The maximum absolute atomic E-state index is 14.1. The van der Waals surface area contributed by atoms with Crippen LogP contribution in [-0.2, 0) is 6.54 Å². The molecule has 0 unspecified atom stereocenters. The van der Waals surface area contributed by atoms with Crippen LogP contribution in [0.2, 0.25) is 0 Å². The Morgan fingerprint density at radius 2 is 1.94 bits per heavy atom. The number of pyridine rings is 1. The number of carbonyl (C=O) groups excluding carboxylic acids is 1. The zero-order valence-electron chi connectivity index (χ0n) is 16.0. The second kappa shape index (κ2) is 8.64. The summed E-state index contributed by atoms with van der Waals surface area (Å²) in [6, 6.07) is 4.85. The van der Waals surface area contributed by atoms with E-state index in [4.69, 9.17) is 5.11 Å². The molecular formula is C20H17F2N5O3S. The van der Waals surface area contributed by atoms with E-state index in [1.54, 1.807) is 6.20 Å². The van der Waals surface area contributed by atoms with Crippen LogP contribution in [-0.4, -0.2) is 33.0 Å². The fraction of sp³-hybridized carbons (Fsp3) is 0.200. The fourth-order valence-electron chi connectivity index (χ4n) is 2.68. The van der Waals surface area contributed by atoms with Gasteiger partial charge in [-0.15, -0.1) is 0 Å². The molecule has 0 saturated heterocycles. The van der Waals surface area contributed by atoms with E-state index >= 15 is 0 Å². The molecule has 8 nitrogen and oxygen atoms in total. The number of carbonyl (C=O) groups is 2. The highest BCUT2D eigenvalue weighted by Gasteiger charge is 2.25. The highest BCUT2D eigenvalue weighted by atomic mass is 32.1. The molecule has 0 radical (unpaired) electrons. The number of halogens is 2. The third-order valence-electron chi connectivity index (χ3n) is 4.47. The summed E-state index contributed by atoms with van der Waals surface area (Å²) < 4.78 is 28.2. The minimum atomic E-state index is -1.07. The van der Waals surface area contributed by atoms with Crippen molar-refractivity contribution in [2.24, 2.45) is 0 Å². The molecule has 1 aliphatic rings. The van der Waals surface area contributed by atoms with Gasteiger partial charge in [0.25, 0.3) is 5.91 Å². The van der Waals surface area contributed by atoms with Gasteiger partial charge < -0.3 is 21.1 Å². The Hall–Kier alpha value is -3.60. The zero-order valence-corrected chi connectivity index (χ0v) is 16.8. The Bertz CT molecular complexity index is 1130. The van der Waals surface area contributed by atoms with Gasteiger partial charge in [0.15, 0.2) is 5.13 Å². The normalized spacial score (nSPS) is 13.0. The molecule has 0 atom stereocenters. The topological polar surface area (TPSA) is 116 Å². The van der Waals surface area contributed by atoms with Gasteiger partial charge in [0, 0.05) is 29.4 Å². The number of anilines is 3. The SMILES string of the molecule is O=C(O)c1ccc(Nc2ncc(CNc3cc(C(=O)NC4CC4)c(F)cc3F)s2)nc1. The Kier molecular flexibility index (Phi) is 5.76. The van der Waals surface area contributed by atoms with Gasteiger partial charge in [-0.25, -0.2) is 23.5 Å². The van der Waals surface area contributed by atoms with Crippen molar-refractivity contribution in [2.45, 2.75) is 25.4 Å². The lowest BCUT2D eigenvalue weighted by Crippen LogP contribution is -2.26. The second-order valence-corrected chi connectivity index (χ2v) is 8.02. The second-order valence-electron chi connectivity index (χ2n) is 6.91. The maximum Gasteiger partial charge on any atom is 0.337 e. The summed E-state index contributed by atoms with van der Waals surface area (Å²) in [4.78, 5) is 31.9. The molecule has 3 aromatic rings. The number of rotatable bonds is 8. The molecule has 11 heteroatoms. The number of nitrogens with one attached hydrogen (secondary N) is 3. The Labute approximate surface area is 179 Å². The number of hydrogen-bond donors (Lipinski definition) is 4. The van der Waals surface area contributed by atoms with Crippen LogP contribution < -0.4 is 16.0 Å². The van der Waals surface area contributed by atoms with Crippen LogP contribution in [0.4, 0.5) is 25.4 Å². The van der Waals surface area contributed by atoms with Gasteiger partial charge in [0.2, 0.25) is 0 Å². The standard InChI is InChI=1S/C20H17F2N5O3S/c21-14-6-15(22)16(5-13(14)18(28)26-11-2-3-11)23-8-12-9-25-20(31-12)27-17-4-1-10(7-24-17)19(29)30/h1,4-7,9,11,23H,2-3,8H2,(H,26,28)(H,29,30)(H,24,25,27). The van der Waals surface area contributed by atoms with Gasteiger partial charge in [-0.3, -0.25) is 4.79 Å². The van der Waals surface area contributed by atoms with E-state index < -0.39 is 23.5 Å². The highest BCUT2D eigenvalue weighted by Crippen LogP contribution is 2.25. The molecule has 4 N–H and O–H groups in total. The number of carboxylic acids is 1. The third kappa shape index (κ3) is 5.12. The van der Waals surface area contributed by atoms with Crippen molar-refractivity contribution in [1.29, 1.82) is 0 Å². The van der Waals surface area contributed by atoms with E-state index in [0.29, 0.717) is 17.0 Å². The van der Waals surface area contributed by atoms with E-state index in [1.165, 1.54) is 29.7 Å². The minimum Gasteiger partial charge on any atom is -0.478 e. The monoisotopic (exact) mass is 445 g/mol. The zero-order chi connectivity index (χ0) is 22.0. The number of aromatic carboxylic acids is 1. The molecule has 31 heavy (non-hydrogen) atoms. The van der Waals surface area contributed by atoms with Gasteiger partial charge in [-0.1, -0.05) is 11.3 Å². The summed E-state index contributed by atoms with van der Waals surface area (Å²) in [5.74, 6) is -2.91. The predicted octanol–water partition coefficient (Wildman–Crippen LogP) is 3.76. The third-order valence-corrected chi connectivity index (χ3v) is 5.38. The fourth-order valence-corrected chi connectivity index (χ4v) is 3.44. The first-order valence-corrected chi connectivity index (χ1v) is 10.2. The van der Waals surface area contributed by atoms with E-state index in [1.807, 2.05) is 0 Å².